The molecule has 0 aromatic rings. The molecule has 0 aromatic heterocycles. The Morgan fingerprint density at radius 1 is 1.53 bits per heavy atom. The first-order valence-corrected chi connectivity index (χ1v) is 5.95. The molecule has 0 aliphatic heterocycles. The molecule has 5 heteroatoms. The van der Waals surface area contributed by atoms with Crippen LogP contribution in [0.4, 0.5) is 0 Å². The van der Waals surface area contributed by atoms with Gasteiger partial charge < -0.3 is 10.6 Å². The molecular formula is C12H19N3O2. The molecule has 2 unspecified atom stereocenters. The second kappa shape index (κ2) is 5.17. The summed E-state index contributed by atoms with van der Waals surface area (Å²) in [5.74, 6) is -0.571. The fourth-order valence-corrected chi connectivity index (χ4v) is 1.27. The molecular weight excluding hydrogens is 218 g/mol. The molecule has 2 atom stereocenters. The van der Waals surface area contributed by atoms with Crippen LogP contribution in [0.25, 0.3) is 0 Å². The topological polar surface area (TPSA) is 82.0 Å². The summed E-state index contributed by atoms with van der Waals surface area (Å²) in [5, 5.41) is 14.3. The molecule has 2 N–H and O–H groups in total. The lowest BCUT2D eigenvalue weighted by atomic mass is 9.88. The van der Waals surface area contributed by atoms with Gasteiger partial charge in [-0.2, -0.15) is 5.26 Å². The Morgan fingerprint density at radius 2 is 2.12 bits per heavy atom. The maximum absolute atomic E-state index is 11.8. The van der Waals surface area contributed by atoms with Gasteiger partial charge in [0.1, 0.15) is 11.5 Å². The predicted molar refractivity (Wildman–Crippen MR) is 62.8 cm³/mol. The van der Waals surface area contributed by atoms with Crippen LogP contribution in [-0.4, -0.2) is 23.9 Å². The predicted octanol–water partition coefficient (Wildman–Crippen LogP) is 0.710. The van der Waals surface area contributed by atoms with E-state index in [1.165, 1.54) is 0 Å². The van der Waals surface area contributed by atoms with Crippen molar-refractivity contribution in [3.63, 3.8) is 0 Å². The minimum atomic E-state index is -1.06. The minimum absolute atomic E-state index is 0.183. The van der Waals surface area contributed by atoms with Crippen molar-refractivity contribution in [2.24, 2.45) is 5.41 Å². The number of carbonyl (C=O) groups is 2. The maximum Gasteiger partial charge on any atom is 0.242 e. The number of hydrogen-bond acceptors (Lipinski definition) is 3. The number of rotatable bonds is 5. The van der Waals surface area contributed by atoms with Gasteiger partial charge in [-0.1, -0.05) is 6.92 Å². The monoisotopic (exact) mass is 237 g/mol. The Bertz CT molecular complexity index is 357. The summed E-state index contributed by atoms with van der Waals surface area (Å²) >= 11 is 0. The average Bonchev–Trinajstić information content (AvgIpc) is 3.11. The zero-order chi connectivity index (χ0) is 13.1. The molecule has 5 nitrogen and oxygen atoms in total. The Labute approximate surface area is 102 Å². The van der Waals surface area contributed by atoms with Gasteiger partial charge in [0.2, 0.25) is 11.8 Å². The average molecular weight is 237 g/mol. The van der Waals surface area contributed by atoms with E-state index < -0.39 is 11.5 Å². The van der Waals surface area contributed by atoms with Gasteiger partial charge in [0.05, 0.1) is 6.07 Å². The zero-order valence-electron chi connectivity index (χ0n) is 10.5. The molecule has 1 saturated carbocycles. The second-order valence-electron chi connectivity index (χ2n) is 4.78. The van der Waals surface area contributed by atoms with E-state index in [2.05, 4.69) is 10.6 Å². The van der Waals surface area contributed by atoms with Crippen LogP contribution in [0.15, 0.2) is 0 Å². The summed E-state index contributed by atoms with van der Waals surface area (Å²) in [5.41, 5.74) is -1.06. The summed E-state index contributed by atoms with van der Waals surface area (Å²) in [7, 11) is 0. The summed E-state index contributed by atoms with van der Waals surface area (Å²) in [6.45, 7) is 4.98. The van der Waals surface area contributed by atoms with Crippen molar-refractivity contribution in [2.75, 3.05) is 0 Å². The molecule has 0 radical (unpaired) electrons. The molecule has 2 amide bonds. The highest BCUT2D eigenvalue weighted by Gasteiger charge is 2.34. The minimum Gasteiger partial charge on any atom is -0.352 e. The fourth-order valence-electron chi connectivity index (χ4n) is 1.27. The number of carbonyl (C=O) groups excluding carboxylic acids is 2. The molecule has 94 valence electrons. The first kappa shape index (κ1) is 13.5. The second-order valence-corrected chi connectivity index (χ2v) is 4.78. The summed E-state index contributed by atoms with van der Waals surface area (Å²) in [4.78, 5) is 23.5. The smallest absolute Gasteiger partial charge is 0.242 e. The number of nitriles is 1. The molecule has 0 spiro atoms. The van der Waals surface area contributed by atoms with Crippen LogP contribution in [0.1, 0.15) is 40.0 Å². The van der Waals surface area contributed by atoms with Crippen LogP contribution in [-0.2, 0) is 9.59 Å². The first-order chi connectivity index (χ1) is 7.92. The Balaban J connectivity index is 2.49. The van der Waals surface area contributed by atoms with Crippen molar-refractivity contribution < 1.29 is 9.59 Å². The number of nitrogens with zero attached hydrogens (tertiary/aromatic N) is 1. The van der Waals surface area contributed by atoms with E-state index in [0.29, 0.717) is 6.42 Å². The van der Waals surface area contributed by atoms with Gasteiger partial charge in [0.25, 0.3) is 0 Å². The van der Waals surface area contributed by atoms with Crippen molar-refractivity contribution in [3.05, 3.63) is 0 Å². The zero-order valence-corrected chi connectivity index (χ0v) is 10.5. The third-order valence-electron chi connectivity index (χ3n) is 3.12. The van der Waals surface area contributed by atoms with Gasteiger partial charge in [0, 0.05) is 6.04 Å². The summed E-state index contributed by atoms with van der Waals surface area (Å²) < 4.78 is 0. The standard InChI is InChI=1S/C12H19N3O2/c1-4-12(3,7-13)11(17)14-8(2)10(16)15-9-5-6-9/h8-9H,4-6H2,1-3H3,(H,14,17)(H,15,16). The lowest BCUT2D eigenvalue weighted by Crippen LogP contribution is -2.49. The van der Waals surface area contributed by atoms with Crippen molar-refractivity contribution >= 4 is 11.8 Å². The molecule has 0 aromatic carbocycles. The van der Waals surface area contributed by atoms with Gasteiger partial charge in [-0.25, -0.2) is 0 Å². The summed E-state index contributed by atoms with van der Waals surface area (Å²) in [6, 6.07) is 1.66. The van der Waals surface area contributed by atoms with Crippen molar-refractivity contribution in [1.29, 1.82) is 5.26 Å². The SMILES string of the molecule is CCC(C)(C#N)C(=O)NC(C)C(=O)NC1CC1. The highest BCUT2D eigenvalue weighted by molar-refractivity contribution is 5.91. The van der Waals surface area contributed by atoms with Crippen LogP contribution < -0.4 is 10.6 Å². The lowest BCUT2D eigenvalue weighted by Gasteiger charge is -2.21. The first-order valence-electron chi connectivity index (χ1n) is 5.95. The van der Waals surface area contributed by atoms with Crippen molar-refractivity contribution in [2.45, 2.75) is 52.1 Å². The molecule has 0 heterocycles. The Morgan fingerprint density at radius 3 is 2.53 bits per heavy atom. The van der Waals surface area contributed by atoms with E-state index >= 15 is 0 Å². The molecule has 1 fully saturated rings. The molecule has 1 aliphatic rings. The van der Waals surface area contributed by atoms with Gasteiger partial charge in [-0.05, 0) is 33.1 Å². The third kappa shape index (κ3) is 3.45. The fraction of sp³-hybridized carbons (Fsp3) is 0.750. The molecule has 0 bridgehead atoms. The molecule has 0 saturated heterocycles. The quantitative estimate of drug-likeness (QED) is 0.738. The lowest BCUT2D eigenvalue weighted by molar-refractivity contribution is -0.132. The van der Waals surface area contributed by atoms with Crippen LogP contribution >= 0.6 is 0 Å². The van der Waals surface area contributed by atoms with Crippen LogP contribution in [0.5, 0.6) is 0 Å². The molecule has 1 rings (SSSR count). The van der Waals surface area contributed by atoms with Crippen molar-refractivity contribution in [1.82, 2.24) is 10.6 Å². The maximum atomic E-state index is 11.8. The number of nitrogens with one attached hydrogen (secondary N) is 2. The van der Waals surface area contributed by atoms with E-state index in [9.17, 15) is 9.59 Å². The Hall–Kier alpha value is -1.57. The highest BCUT2D eigenvalue weighted by atomic mass is 16.2. The van der Waals surface area contributed by atoms with E-state index in [1.54, 1.807) is 20.8 Å². The normalized spacial score (nSPS) is 19.6. The van der Waals surface area contributed by atoms with Gasteiger partial charge in [-0.15, -0.1) is 0 Å². The van der Waals surface area contributed by atoms with Crippen LogP contribution in [0.3, 0.4) is 0 Å². The van der Waals surface area contributed by atoms with E-state index in [1.807, 2.05) is 6.07 Å². The van der Waals surface area contributed by atoms with Crippen LogP contribution in [0.2, 0.25) is 0 Å². The van der Waals surface area contributed by atoms with E-state index in [-0.39, 0.29) is 17.9 Å². The Kier molecular flexibility index (Phi) is 4.11. The van der Waals surface area contributed by atoms with Gasteiger partial charge in [-0.3, -0.25) is 9.59 Å². The van der Waals surface area contributed by atoms with E-state index in [0.717, 1.165) is 12.8 Å². The van der Waals surface area contributed by atoms with Gasteiger partial charge in [0.15, 0.2) is 0 Å². The largest absolute Gasteiger partial charge is 0.352 e. The van der Waals surface area contributed by atoms with Crippen molar-refractivity contribution in [3.8, 4) is 6.07 Å². The summed E-state index contributed by atoms with van der Waals surface area (Å²) in [6.07, 6.45) is 2.45. The number of hydrogen-bond donors (Lipinski definition) is 2. The van der Waals surface area contributed by atoms with Gasteiger partial charge >= 0.3 is 0 Å². The molecule has 1 aliphatic carbocycles. The third-order valence-corrected chi connectivity index (χ3v) is 3.12. The van der Waals surface area contributed by atoms with Crippen LogP contribution in [0, 0.1) is 16.7 Å². The van der Waals surface area contributed by atoms with E-state index in [4.69, 9.17) is 5.26 Å². The highest BCUT2D eigenvalue weighted by Crippen LogP contribution is 2.20. The number of amides is 2. The molecule has 17 heavy (non-hydrogen) atoms.